The van der Waals surface area contributed by atoms with Gasteiger partial charge in [0.25, 0.3) is 0 Å². The predicted molar refractivity (Wildman–Crippen MR) is 83.0 cm³/mol. The average Bonchev–Trinajstić information content (AvgIpc) is 2.80. The molecule has 0 fully saturated rings. The summed E-state index contributed by atoms with van der Waals surface area (Å²) in [6.07, 6.45) is 1.16. The number of carbonyl (C=O) groups excluding carboxylic acids is 2. The van der Waals surface area contributed by atoms with Crippen molar-refractivity contribution in [3.8, 4) is 0 Å². The van der Waals surface area contributed by atoms with Gasteiger partial charge >= 0.3 is 6.09 Å². The number of fused-ring (bicyclic) bond motifs is 1. The molecular formula is C15H20N4O3. The molecule has 2 N–H and O–H groups in total. The van der Waals surface area contributed by atoms with Crippen LogP contribution < -0.4 is 10.7 Å². The zero-order valence-corrected chi connectivity index (χ0v) is 12.9. The van der Waals surface area contributed by atoms with Crippen molar-refractivity contribution in [3.05, 3.63) is 30.6 Å². The number of hydrogen-bond donors (Lipinski definition) is 2. The third-order valence-electron chi connectivity index (χ3n) is 2.72. The van der Waals surface area contributed by atoms with Crippen LogP contribution in [0, 0.1) is 0 Å². The smallest absolute Gasteiger partial charge is 0.407 e. The van der Waals surface area contributed by atoms with Crippen LogP contribution in [0.4, 0.5) is 4.79 Å². The van der Waals surface area contributed by atoms with Gasteiger partial charge in [-0.1, -0.05) is 12.1 Å². The summed E-state index contributed by atoms with van der Waals surface area (Å²) >= 11 is 0. The van der Waals surface area contributed by atoms with E-state index in [9.17, 15) is 9.59 Å². The molecule has 0 spiro atoms. The topological polar surface area (TPSA) is 85.2 Å². The molecule has 0 atom stereocenters. The maximum Gasteiger partial charge on any atom is 0.407 e. The van der Waals surface area contributed by atoms with E-state index in [4.69, 9.17) is 4.74 Å². The standard InChI is InChI=1S/C15H20N4O3/c1-15(2,3)22-14(21)16-9-8-13(20)18-19-10-17-11-6-4-5-7-12(11)19/h4-7,10H,8-9H2,1-3H3,(H,16,21)(H,18,20). The summed E-state index contributed by atoms with van der Waals surface area (Å²) in [6, 6.07) is 7.48. The lowest BCUT2D eigenvalue weighted by Gasteiger charge is -2.19. The quantitative estimate of drug-likeness (QED) is 0.905. The first-order valence-electron chi connectivity index (χ1n) is 7.04. The number of amides is 2. The van der Waals surface area contributed by atoms with Crippen LogP contribution in [0.25, 0.3) is 11.0 Å². The van der Waals surface area contributed by atoms with Gasteiger partial charge in [0.05, 0.1) is 11.0 Å². The number of para-hydroxylation sites is 2. The highest BCUT2D eigenvalue weighted by Gasteiger charge is 2.16. The number of nitrogens with zero attached hydrogens (tertiary/aromatic N) is 2. The molecule has 118 valence electrons. The van der Waals surface area contributed by atoms with Crippen molar-refractivity contribution in [1.29, 1.82) is 0 Å². The summed E-state index contributed by atoms with van der Waals surface area (Å²) in [5.74, 6) is -0.223. The van der Waals surface area contributed by atoms with Crippen molar-refractivity contribution in [1.82, 2.24) is 15.0 Å². The molecule has 1 heterocycles. The summed E-state index contributed by atoms with van der Waals surface area (Å²) in [7, 11) is 0. The van der Waals surface area contributed by atoms with Crippen molar-refractivity contribution in [2.75, 3.05) is 12.0 Å². The number of carbonyl (C=O) groups is 2. The monoisotopic (exact) mass is 304 g/mol. The molecule has 7 heteroatoms. The minimum Gasteiger partial charge on any atom is -0.444 e. The van der Waals surface area contributed by atoms with Crippen LogP contribution in [-0.2, 0) is 9.53 Å². The van der Waals surface area contributed by atoms with Crippen LogP contribution in [0.3, 0.4) is 0 Å². The van der Waals surface area contributed by atoms with Gasteiger partial charge in [-0.2, -0.15) is 0 Å². The van der Waals surface area contributed by atoms with Crippen LogP contribution in [0.15, 0.2) is 30.6 Å². The third kappa shape index (κ3) is 4.47. The average molecular weight is 304 g/mol. The largest absolute Gasteiger partial charge is 0.444 e. The Balaban J connectivity index is 1.80. The molecule has 2 amide bonds. The Kier molecular flexibility index (Phi) is 4.65. The van der Waals surface area contributed by atoms with Gasteiger partial charge in [0.2, 0.25) is 5.91 Å². The SMILES string of the molecule is CC(C)(C)OC(=O)NCCC(=O)Nn1cnc2ccccc21. The van der Waals surface area contributed by atoms with Crippen LogP contribution >= 0.6 is 0 Å². The van der Waals surface area contributed by atoms with Gasteiger partial charge < -0.3 is 10.1 Å². The molecule has 0 radical (unpaired) electrons. The molecule has 7 nitrogen and oxygen atoms in total. The second-order valence-electron chi connectivity index (χ2n) is 5.82. The highest BCUT2D eigenvalue weighted by atomic mass is 16.6. The normalized spacial score (nSPS) is 11.2. The molecule has 0 saturated heterocycles. The van der Waals surface area contributed by atoms with E-state index >= 15 is 0 Å². The lowest BCUT2D eigenvalue weighted by atomic mass is 10.2. The number of benzene rings is 1. The van der Waals surface area contributed by atoms with Crippen molar-refractivity contribution >= 4 is 23.0 Å². The minimum atomic E-state index is -0.554. The number of rotatable bonds is 4. The van der Waals surface area contributed by atoms with E-state index in [0.29, 0.717) is 0 Å². The maximum absolute atomic E-state index is 11.9. The molecule has 0 unspecified atom stereocenters. The molecule has 2 rings (SSSR count). The van der Waals surface area contributed by atoms with E-state index in [1.54, 1.807) is 31.8 Å². The molecule has 0 bridgehead atoms. The van der Waals surface area contributed by atoms with E-state index < -0.39 is 11.7 Å². The second-order valence-corrected chi connectivity index (χ2v) is 5.82. The van der Waals surface area contributed by atoms with Gasteiger partial charge in [0, 0.05) is 13.0 Å². The van der Waals surface area contributed by atoms with E-state index in [0.717, 1.165) is 11.0 Å². The zero-order chi connectivity index (χ0) is 16.2. The van der Waals surface area contributed by atoms with Gasteiger partial charge in [0.15, 0.2) is 0 Å². The van der Waals surface area contributed by atoms with Gasteiger partial charge in [-0.3, -0.25) is 10.2 Å². The van der Waals surface area contributed by atoms with Gasteiger partial charge in [-0.25, -0.2) is 14.5 Å². The van der Waals surface area contributed by atoms with Crippen molar-refractivity contribution < 1.29 is 14.3 Å². The number of alkyl carbamates (subject to hydrolysis) is 1. The Morgan fingerprint density at radius 1 is 1.27 bits per heavy atom. The number of nitrogens with one attached hydrogen (secondary N) is 2. The van der Waals surface area contributed by atoms with Gasteiger partial charge in [0.1, 0.15) is 11.9 Å². The summed E-state index contributed by atoms with van der Waals surface area (Å²) in [5, 5.41) is 2.54. The molecule has 0 saturated carbocycles. The van der Waals surface area contributed by atoms with Crippen LogP contribution in [0.1, 0.15) is 27.2 Å². The Morgan fingerprint density at radius 2 is 2.00 bits per heavy atom. The molecule has 1 aromatic carbocycles. The van der Waals surface area contributed by atoms with Crippen molar-refractivity contribution in [3.63, 3.8) is 0 Å². The van der Waals surface area contributed by atoms with Crippen molar-refractivity contribution in [2.24, 2.45) is 0 Å². The van der Waals surface area contributed by atoms with Crippen LogP contribution in [0.5, 0.6) is 0 Å². The van der Waals surface area contributed by atoms with Gasteiger partial charge in [-0.15, -0.1) is 0 Å². The number of hydrogen-bond acceptors (Lipinski definition) is 4. The fourth-order valence-electron chi connectivity index (χ4n) is 1.83. The fourth-order valence-corrected chi connectivity index (χ4v) is 1.83. The highest BCUT2D eigenvalue weighted by molar-refractivity contribution is 5.86. The maximum atomic E-state index is 11.9. The molecule has 1 aromatic heterocycles. The molecular weight excluding hydrogens is 284 g/mol. The Labute approximate surface area is 128 Å². The van der Waals surface area contributed by atoms with E-state index in [1.807, 2.05) is 24.3 Å². The Hall–Kier alpha value is -2.57. The molecule has 0 aliphatic carbocycles. The number of ether oxygens (including phenoxy) is 1. The Bertz CT molecular complexity index is 673. The zero-order valence-electron chi connectivity index (χ0n) is 12.9. The first kappa shape index (κ1) is 15.8. The van der Waals surface area contributed by atoms with E-state index in [2.05, 4.69) is 15.7 Å². The predicted octanol–water partition coefficient (Wildman–Crippen LogP) is 2.02. The second kappa shape index (κ2) is 6.46. The van der Waals surface area contributed by atoms with Crippen LogP contribution in [-0.4, -0.2) is 33.8 Å². The van der Waals surface area contributed by atoms with Crippen LogP contribution in [0.2, 0.25) is 0 Å². The fraction of sp³-hybridized carbons (Fsp3) is 0.400. The molecule has 0 aliphatic heterocycles. The lowest BCUT2D eigenvalue weighted by molar-refractivity contribution is -0.116. The Morgan fingerprint density at radius 3 is 2.73 bits per heavy atom. The summed E-state index contributed by atoms with van der Waals surface area (Å²) in [6.45, 7) is 5.55. The molecule has 0 aliphatic rings. The molecule has 2 aromatic rings. The first-order chi connectivity index (χ1) is 10.3. The molecule has 22 heavy (non-hydrogen) atoms. The number of imidazole rings is 1. The minimum absolute atomic E-state index is 0.145. The summed E-state index contributed by atoms with van der Waals surface area (Å²) in [4.78, 5) is 27.5. The van der Waals surface area contributed by atoms with E-state index in [-0.39, 0.29) is 18.9 Å². The van der Waals surface area contributed by atoms with E-state index in [1.165, 1.54) is 0 Å². The third-order valence-corrected chi connectivity index (χ3v) is 2.72. The van der Waals surface area contributed by atoms with Crippen molar-refractivity contribution in [2.45, 2.75) is 32.8 Å². The summed E-state index contributed by atoms with van der Waals surface area (Å²) < 4.78 is 6.65. The number of aromatic nitrogens is 2. The lowest BCUT2D eigenvalue weighted by Crippen LogP contribution is -2.34. The summed E-state index contributed by atoms with van der Waals surface area (Å²) in [5.41, 5.74) is 3.77. The first-order valence-corrected chi connectivity index (χ1v) is 7.04. The highest BCUT2D eigenvalue weighted by Crippen LogP contribution is 2.10. The van der Waals surface area contributed by atoms with Gasteiger partial charge in [-0.05, 0) is 32.9 Å².